The molecule has 130 valence electrons. The topological polar surface area (TPSA) is 68.3 Å². The van der Waals surface area contributed by atoms with Crippen LogP contribution in [0.25, 0.3) is 0 Å². The zero-order valence-corrected chi connectivity index (χ0v) is 15.6. The summed E-state index contributed by atoms with van der Waals surface area (Å²) in [6.45, 7) is 1.59. The average Bonchev–Trinajstić information content (AvgIpc) is 3.27. The van der Waals surface area contributed by atoms with Gasteiger partial charge in [0.05, 0.1) is 24.1 Å². The van der Waals surface area contributed by atoms with Crippen LogP contribution >= 0.6 is 23.6 Å². The van der Waals surface area contributed by atoms with E-state index < -0.39 is 9.84 Å². The van der Waals surface area contributed by atoms with Gasteiger partial charge in [-0.2, -0.15) is 0 Å². The van der Waals surface area contributed by atoms with E-state index >= 15 is 0 Å². The minimum Gasteiger partial charge on any atom is -0.414 e. The first-order chi connectivity index (χ1) is 11.5. The summed E-state index contributed by atoms with van der Waals surface area (Å²) in [4.78, 5) is 4.05. The summed E-state index contributed by atoms with van der Waals surface area (Å²) in [7, 11) is -2.96. The Morgan fingerprint density at radius 2 is 2.29 bits per heavy atom. The first-order valence-electron chi connectivity index (χ1n) is 8.07. The third-order valence-electron chi connectivity index (χ3n) is 4.75. The van der Waals surface area contributed by atoms with E-state index in [9.17, 15) is 8.42 Å². The van der Waals surface area contributed by atoms with Crippen molar-refractivity contribution in [2.45, 2.75) is 37.9 Å². The molecule has 0 aliphatic carbocycles. The lowest BCUT2D eigenvalue weighted by Gasteiger charge is -2.22. The van der Waals surface area contributed by atoms with Crippen LogP contribution in [0.5, 0.6) is 0 Å². The fourth-order valence-corrected chi connectivity index (χ4v) is 6.35. The molecule has 2 aromatic heterocycles. The predicted molar refractivity (Wildman–Crippen MR) is 94.3 cm³/mol. The zero-order chi connectivity index (χ0) is 16.7. The lowest BCUT2D eigenvalue weighted by molar-refractivity contribution is 0.190. The minimum absolute atomic E-state index is 0.115. The summed E-state index contributed by atoms with van der Waals surface area (Å²) < 4.78 is 30.6. The molecule has 0 unspecified atom stereocenters. The van der Waals surface area contributed by atoms with Crippen LogP contribution < -0.4 is 0 Å². The molecule has 0 aromatic carbocycles. The largest absolute Gasteiger partial charge is 0.414 e. The summed E-state index contributed by atoms with van der Waals surface area (Å²) >= 11 is 7.08. The van der Waals surface area contributed by atoms with Crippen molar-refractivity contribution in [3.05, 3.63) is 33.1 Å². The summed E-state index contributed by atoms with van der Waals surface area (Å²) in [5.74, 6) is 0.626. The highest BCUT2D eigenvalue weighted by Gasteiger charge is 2.33. The third-order valence-corrected chi connectivity index (χ3v) is 7.79. The SMILES string of the molecule is O=S1(=O)CC[C@@H](c2nn(CN3CCC[C@H]3c3cccs3)c(=S)o2)C1. The lowest BCUT2D eigenvalue weighted by Crippen LogP contribution is -2.26. The molecule has 24 heavy (non-hydrogen) atoms. The van der Waals surface area contributed by atoms with Gasteiger partial charge in [-0.3, -0.25) is 4.90 Å². The second-order valence-electron chi connectivity index (χ2n) is 6.43. The van der Waals surface area contributed by atoms with Crippen molar-refractivity contribution in [3.63, 3.8) is 0 Å². The van der Waals surface area contributed by atoms with Crippen molar-refractivity contribution < 1.29 is 12.8 Å². The highest BCUT2D eigenvalue weighted by Crippen LogP contribution is 2.35. The third kappa shape index (κ3) is 3.22. The van der Waals surface area contributed by atoms with E-state index in [4.69, 9.17) is 16.6 Å². The van der Waals surface area contributed by atoms with Gasteiger partial charge in [-0.25, -0.2) is 13.1 Å². The molecular formula is C15H19N3O3S3. The number of nitrogens with zero attached hydrogens (tertiary/aromatic N) is 3. The van der Waals surface area contributed by atoms with E-state index in [0.29, 0.717) is 29.9 Å². The van der Waals surface area contributed by atoms with Crippen LogP contribution in [0.15, 0.2) is 21.9 Å². The smallest absolute Gasteiger partial charge is 0.288 e. The molecule has 0 N–H and O–H groups in total. The first kappa shape index (κ1) is 16.4. The Bertz CT molecular complexity index is 869. The molecule has 9 heteroatoms. The molecule has 0 spiro atoms. The summed E-state index contributed by atoms with van der Waals surface area (Å²) in [6.07, 6.45) is 2.86. The highest BCUT2D eigenvalue weighted by molar-refractivity contribution is 7.91. The van der Waals surface area contributed by atoms with Gasteiger partial charge >= 0.3 is 0 Å². The van der Waals surface area contributed by atoms with Crippen LogP contribution in [0.3, 0.4) is 0 Å². The van der Waals surface area contributed by atoms with E-state index in [1.165, 1.54) is 4.88 Å². The number of aromatic nitrogens is 2. The van der Waals surface area contributed by atoms with Gasteiger partial charge in [0.1, 0.15) is 0 Å². The Morgan fingerprint density at radius 3 is 3.00 bits per heavy atom. The molecule has 0 saturated carbocycles. The van der Waals surface area contributed by atoms with Crippen LogP contribution in [-0.2, 0) is 16.5 Å². The number of likely N-dealkylation sites (tertiary alicyclic amines) is 1. The van der Waals surface area contributed by atoms with Crippen LogP contribution in [0.4, 0.5) is 0 Å². The van der Waals surface area contributed by atoms with E-state index in [1.807, 2.05) is 0 Å². The maximum absolute atomic E-state index is 11.6. The van der Waals surface area contributed by atoms with Gasteiger partial charge in [0.2, 0.25) is 5.89 Å². The second-order valence-corrected chi connectivity index (χ2v) is 9.99. The van der Waals surface area contributed by atoms with E-state index in [-0.39, 0.29) is 17.4 Å². The van der Waals surface area contributed by atoms with E-state index in [0.717, 1.165) is 19.4 Å². The first-order valence-corrected chi connectivity index (χ1v) is 11.2. The maximum atomic E-state index is 11.6. The molecule has 2 aliphatic heterocycles. The van der Waals surface area contributed by atoms with E-state index in [2.05, 4.69) is 27.5 Å². The molecule has 4 rings (SSSR count). The van der Waals surface area contributed by atoms with Gasteiger partial charge in [-0.15, -0.1) is 16.4 Å². The zero-order valence-electron chi connectivity index (χ0n) is 13.1. The highest BCUT2D eigenvalue weighted by atomic mass is 32.2. The molecule has 4 heterocycles. The van der Waals surface area contributed by atoms with Crippen molar-refractivity contribution in [1.82, 2.24) is 14.7 Å². The number of hydrogen-bond acceptors (Lipinski definition) is 7. The van der Waals surface area contributed by atoms with Gasteiger partial charge in [0.15, 0.2) is 9.84 Å². The normalized spacial score (nSPS) is 27.0. The van der Waals surface area contributed by atoms with Crippen molar-refractivity contribution in [2.24, 2.45) is 0 Å². The van der Waals surface area contributed by atoms with Crippen LogP contribution in [0.2, 0.25) is 0 Å². The minimum atomic E-state index is -2.96. The fourth-order valence-electron chi connectivity index (χ4n) is 3.54. The van der Waals surface area contributed by atoms with Crippen LogP contribution in [-0.4, -0.2) is 41.1 Å². The van der Waals surface area contributed by atoms with E-state index in [1.54, 1.807) is 16.0 Å². The average molecular weight is 386 g/mol. The Kier molecular flexibility index (Phi) is 4.36. The van der Waals surface area contributed by atoms with Gasteiger partial charge in [-0.1, -0.05) is 6.07 Å². The number of sulfone groups is 1. The molecular weight excluding hydrogens is 366 g/mol. The Hall–Kier alpha value is -1.03. The number of hydrogen-bond donors (Lipinski definition) is 0. The second kappa shape index (κ2) is 6.36. The standard InChI is InChI=1S/C15H19N3O3S3/c19-24(20)8-5-11(9-24)14-16-18(15(22)21-14)10-17-6-1-3-12(17)13-4-2-7-23-13/h2,4,7,11-12H,1,3,5-6,8-10H2/t11-,12+/m1/s1. The van der Waals surface area contributed by atoms with Crippen molar-refractivity contribution in [2.75, 3.05) is 18.1 Å². The fraction of sp³-hybridized carbons (Fsp3) is 0.600. The number of thiophene rings is 1. The monoisotopic (exact) mass is 385 g/mol. The van der Waals surface area contributed by atoms with Crippen LogP contribution in [0.1, 0.15) is 42.0 Å². The quantitative estimate of drug-likeness (QED) is 0.754. The summed E-state index contributed by atoms with van der Waals surface area (Å²) in [5, 5.41) is 6.58. The molecule has 2 aromatic rings. The lowest BCUT2D eigenvalue weighted by atomic mass is 10.1. The van der Waals surface area contributed by atoms with Gasteiger partial charge in [0.25, 0.3) is 4.84 Å². The molecule has 0 radical (unpaired) electrons. The predicted octanol–water partition coefficient (Wildman–Crippen LogP) is 2.96. The molecule has 2 fully saturated rings. The van der Waals surface area contributed by atoms with Gasteiger partial charge < -0.3 is 4.42 Å². The number of rotatable bonds is 4. The molecule has 0 amide bonds. The Labute approximate surface area is 150 Å². The molecule has 2 saturated heterocycles. The molecule has 6 nitrogen and oxygen atoms in total. The summed E-state index contributed by atoms with van der Waals surface area (Å²) in [6, 6.07) is 4.65. The van der Waals surface area contributed by atoms with Gasteiger partial charge in [-0.05, 0) is 42.9 Å². The summed E-state index contributed by atoms with van der Waals surface area (Å²) in [5.41, 5.74) is 0. The molecule has 2 atom stereocenters. The molecule has 2 aliphatic rings. The van der Waals surface area contributed by atoms with Crippen LogP contribution in [0, 0.1) is 4.84 Å². The Morgan fingerprint density at radius 1 is 1.42 bits per heavy atom. The maximum Gasteiger partial charge on any atom is 0.288 e. The van der Waals surface area contributed by atoms with Crippen molar-refractivity contribution >= 4 is 33.4 Å². The Balaban J connectivity index is 1.52. The van der Waals surface area contributed by atoms with Crippen molar-refractivity contribution in [3.8, 4) is 0 Å². The molecule has 0 bridgehead atoms. The van der Waals surface area contributed by atoms with Crippen molar-refractivity contribution in [1.29, 1.82) is 0 Å². The van der Waals surface area contributed by atoms with Gasteiger partial charge in [0, 0.05) is 17.5 Å².